The Morgan fingerprint density at radius 3 is 1.78 bits per heavy atom. The Labute approximate surface area is 299 Å². The summed E-state index contributed by atoms with van der Waals surface area (Å²) < 4.78 is 4.13. The van der Waals surface area contributed by atoms with E-state index in [-0.39, 0.29) is 6.42 Å². The molecular weight excluding hydrogens is 665 g/mol. The van der Waals surface area contributed by atoms with E-state index in [4.69, 9.17) is 9.98 Å². The monoisotopic (exact) mass is 702 g/mol. The van der Waals surface area contributed by atoms with Gasteiger partial charge in [0.2, 0.25) is 0 Å². The number of hydrogen-bond donors (Lipinski definition) is 1. The van der Waals surface area contributed by atoms with Crippen LogP contribution in [-0.2, 0) is 11.3 Å². The molecule has 4 aromatic heterocycles. The molecule has 50 heavy (non-hydrogen) atoms. The van der Waals surface area contributed by atoms with E-state index >= 15 is 0 Å². The zero-order valence-electron chi connectivity index (χ0n) is 29.4. The van der Waals surface area contributed by atoms with Crippen LogP contribution < -0.4 is 0 Å². The van der Waals surface area contributed by atoms with Crippen LogP contribution in [0.15, 0.2) is 58.5 Å². The molecule has 0 fully saturated rings. The summed E-state index contributed by atoms with van der Waals surface area (Å²) in [5.41, 5.74) is 11.2. The summed E-state index contributed by atoms with van der Waals surface area (Å²) in [7, 11) is 0. The second kappa shape index (κ2) is 13.0. The summed E-state index contributed by atoms with van der Waals surface area (Å²) >= 11 is 3.46. The van der Waals surface area contributed by atoms with Crippen molar-refractivity contribution in [3.63, 3.8) is 0 Å². The van der Waals surface area contributed by atoms with Gasteiger partial charge in [-0.2, -0.15) is 0 Å². The number of hydrogen-bond acceptors (Lipinski definition) is 9. The van der Waals surface area contributed by atoms with E-state index in [0.29, 0.717) is 12.4 Å². The van der Waals surface area contributed by atoms with Crippen molar-refractivity contribution in [2.24, 2.45) is 9.98 Å². The van der Waals surface area contributed by atoms with Gasteiger partial charge in [-0.3, -0.25) is 23.9 Å². The van der Waals surface area contributed by atoms with Gasteiger partial charge >= 0.3 is 5.97 Å². The Morgan fingerprint density at radius 1 is 0.700 bits per heavy atom. The van der Waals surface area contributed by atoms with E-state index in [9.17, 15) is 9.90 Å². The Hall–Kier alpha value is -5.07. The largest absolute Gasteiger partial charge is 0.481 e. The predicted octanol–water partition coefficient (Wildman–Crippen LogP) is 7.84. The van der Waals surface area contributed by atoms with E-state index in [0.717, 1.165) is 56.2 Å². The van der Waals surface area contributed by atoms with Gasteiger partial charge in [-0.25, -0.2) is 0 Å². The lowest BCUT2D eigenvalue weighted by atomic mass is 9.99. The minimum Gasteiger partial charge on any atom is -0.481 e. The minimum absolute atomic E-state index is 0.125. The lowest BCUT2D eigenvalue weighted by Crippen LogP contribution is -2.10. The maximum atomic E-state index is 11.5. The number of fused-ring (bicyclic) bond motifs is 6. The first-order valence-electron chi connectivity index (χ1n) is 16.4. The van der Waals surface area contributed by atoms with Gasteiger partial charge in [-0.1, -0.05) is 59.7 Å². The number of aryl methyl sites for hydroxylation is 6. The summed E-state index contributed by atoms with van der Waals surface area (Å²) in [5, 5.41) is 28.7. The van der Waals surface area contributed by atoms with Crippen molar-refractivity contribution in [2.75, 3.05) is 0 Å². The number of benzene rings is 2. The van der Waals surface area contributed by atoms with E-state index < -0.39 is 12.0 Å². The van der Waals surface area contributed by atoms with Gasteiger partial charge in [-0.05, 0) is 66.5 Å². The molecule has 6 heterocycles. The molecule has 2 aromatic carbocycles. The van der Waals surface area contributed by atoms with Crippen LogP contribution in [0.3, 0.4) is 0 Å². The van der Waals surface area contributed by atoms with Crippen molar-refractivity contribution in [3.05, 3.63) is 126 Å². The van der Waals surface area contributed by atoms with Gasteiger partial charge in [0.15, 0.2) is 11.6 Å². The average molecular weight is 703 g/mol. The van der Waals surface area contributed by atoms with Gasteiger partial charge in [0.25, 0.3) is 0 Å². The summed E-state index contributed by atoms with van der Waals surface area (Å²) in [4.78, 5) is 23.8. The highest BCUT2D eigenvalue weighted by molar-refractivity contribution is 7.15. The predicted molar refractivity (Wildman–Crippen MR) is 199 cm³/mol. The third-order valence-electron chi connectivity index (χ3n) is 9.33. The number of rotatable bonds is 4. The van der Waals surface area contributed by atoms with Crippen molar-refractivity contribution in [1.29, 1.82) is 0 Å². The standard InChI is InChI=1S/C20H20N4O2S.C18H18N4S/c1-10-5-7-14(8-6-10)18-17-11(2)12(3)27-20(17)24-13(4)22-23-19(24)15(21-18)9-16(25)26;1-10-5-7-14(8-6-10)17-16-11(2)12(3)23-18(16)22-13(4)20-21-15(22)9-19-17/h5-8,15H,9H2,1-4H3,(H,25,26);5-8H,9H2,1-4H3/t15-;/m0./s1. The molecule has 0 bridgehead atoms. The van der Waals surface area contributed by atoms with Crippen molar-refractivity contribution in [2.45, 2.75) is 74.4 Å². The molecular formula is C38H38N8O2S2. The molecule has 0 spiro atoms. The quantitative estimate of drug-likeness (QED) is 0.200. The van der Waals surface area contributed by atoms with E-state index in [2.05, 4.69) is 96.0 Å². The highest BCUT2D eigenvalue weighted by Crippen LogP contribution is 2.40. The van der Waals surface area contributed by atoms with Crippen LogP contribution >= 0.6 is 22.7 Å². The molecule has 10 nitrogen and oxygen atoms in total. The van der Waals surface area contributed by atoms with Crippen LogP contribution in [0.4, 0.5) is 0 Å². The van der Waals surface area contributed by atoms with Gasteiger partial charge in [0, 0.05) is 32.0 Å². The number of thiophene rings is 2. The smallest absolute Gasteiger partial charge is 0.306 e. The first kappa shape index (κ1) is 33.4. The number of aliphatic carboxylic acids is 1. The molecule has 8 rings (SSSR count). The fourth-order valence-corrected chi connectivity index (χ4v) is 8.84. The third kappa shape index (κ3) is 5.81. The lowest BCUT2D eigenvalue weighted by molar-refractivity contribution is -0.137. The normalized spacial score (nSPS) is 14.6. The molecule has 254 valence electrons. The Morgan fingerprint density at radius 2 is 1.20 bits per heavy atom. The zero-order valence-corrected chi connectivity index (χ0v) is 31.0. The number of carbonyl (C=O) groups is 1. The first-order valence-corrected chi connectivity index (χ1v) is 18.1. The fraction of sp³-hybridized carbons (Fsp3) is 0.289. The highest BCUT2D eigenvalue weighted by Gasteiger charge is 2.32. The Kier molecular flexibility index (Phi) is 8.69. The van der Waals surface area contributed by atoms with Crippen LogP contribution in [0.5, 0.6) is 0 Å². The molecule has 0 saturated carbocycles. The SMILES string of the molecule is Cc1ccc(C2=NCc3nnc(C)n3-c3sc(C)c(C)c32)cc1.Cc1ccc(C2=N[C@@H](CC(=O)O)c3nnc(C)n3-c3sc(C)c(C)c32)cc1. The molecule has 2 aliphatic rings. The molecule has 2 aliphatic heterocycles. The maximum absolute atomic E-state index is 11.5. The van der Waals surface area contributed by atoms with Gasteiger partial charge < -0.3 is 5.11 Å². The molecule has 0 saturated heterocycles. The second-order valence-corrected chi connectivity index (χ2v) is 15.3. The third-order valence-corrected chi connectivity index (χ3v) is 11.7. The molecule has 0 amide bonds. The van der Waals surface area contributed by atoms with Gasteiger partial charge in [0.1, 0.15) is 34.2 Å². The first-order chi connectivity index (χ1) is 23.9. The molecule has 12 heteroatoms. The topological polar surface area (TPSA) is 123 Å². The molecule has 0 radical (unpaired) electrons. The number of aliphatic imine (C=N–C) groups is 2. The maximum Gasteiger partial charge on any atom is 0.306 e. The van der Waals surface area contributed by atoms with Gasteiger partial charge in [0.05, 0.1) is 17.8 Å². The molecule has 0 unspecified atom stereocenters. The molecule has 1 atom stereocenters. The van der Waals surface area contributed by atoms with Gasteiger partial charge in [-0.15, -0.1) is 43.1 Å². The fourth-order valence-electron chi connectivity index (χ4n) is 6.40. The highest BCUT2D eigenvalue weighted by atomic mass is 32.1. The number of nitrogens with zero attached hydrogens (tertiary/aromatic N) is 8. The summed E-state index contributed by atoms with van der Waals surface area (Å²) in [5.74, 6) is 2.25. The summed E-state index contributed by atoms with van der Waals surface area (Å²) in [6.45, 7) is 17.1. The van der Waals surface area contributed by atoms with Crippen LogP contribution in [0.1, 0.15) is 90.0 Å². The lowest BCUT2D eigenvalue weighted by Gasteiger charge is -2.11. The average Bonchev–Trinajstić information content (AvgIpc) is 3.75. The number of carboxylic acids is 1. The summed E-state index contributed by atoms with van der Waals surface area (Å²) in [6.07, 6.45) is -0.125. The van der Waals surface area contributed by atoms with Crippen LogP contribution in [0, 0.1) is 55.4 Å². The Balaban J connectivity index is 0.000000159. The van der Waals surface area contributed by atoms with E-state index in [1.807, 2.05) is 37.5 Å². The van der Waals surface area contributed by atoms with Crippen LogP contribution in [0.25, 0.3) is 10.0 Å². The van der Waals surface area contributed by atoms with Crippen molar-refractivity contribution < 1.29 is 9.90 Å². The summed E-state index contributed by atoms with van der Waals surface area (Å²) in [6, 6.07) is 16.2. The van der Waals surface area contributed by atoms with Crippen molar-refractivity contribution in [1.82, 2.24) is 29.5 Å². The van der Waals surface area contributed by atoms with Crippen LogP contribution in [-0.4, -0.2) is 52.0 Å². The zero-order chi connectivity index (χ0) is 35.4. The second-order valence-electron chi connectivity index (χ2n) is 12.9. The molecule has 1 N–H and O–H groups in total. The van der Waals surface area contributed by atoms with E-state index in [1.54, 1.807) is 22.7 Å². The number of carboxylic acid groups (broad SMARTS) is 1. The minimum atomic E-state index is -0.905. The molecule has 6 aromatic rings. The van der Waals surface area contributed by atoms with Crippen molar-refractivity contribution in [3.8, 4) is 10.0 Å². The Bertz CT molecular complexity index is 2340. The molecule has 0 aliphatic carbocycles. The van der Waals surface area contributed by atoms with Crippen molar-refractivity contribution >= 4 is 40.1 Å². The van der Waals surface area contributed by atoms with E-state index in [1.165, 1.54) is 37.0 Å². The van der Waals surface area contributed by atoms with Crippen LogP contribution in [0.2, 0.25) is 0 Å². The number of aromatic nitrogens is 6.